The molecule has 3 amide bonds. The van der Waals surface area contributed by atoms with Crippen molar-refractivity contribution >= 4 is 35.1 Å². The van der Waals surface area contributed by atoms with Crippen LogP contribution in [0.1, 0.15) is 49.3 Å². The fourth-order valence-electron chi connectivity index (χ4n) is 5.90. The minimum atomic E-state index is -0.566. The first kappa shape index (κ1) is 24.2. The normalized spacial score (nSPS) is 25.9. The summed E-state index contributed by atoms with van der Waals surface area (Å²) in [5.41, 5.74) is 4.17. The number of aryl methyl sites for hydroxylation is 2. The maximum absolute atomic E-state index is 13.1. The highest BCUT2D eigenvalue weighted by Gasteiger charge is 2.50. The molecule has 0 bridgehead atoms. The largest absolute Gasteiger partial charge is 0.426 e. The predicted molar refractivity (Wildman–Crippen MR) is 136 cm³/mol. The Labute approximate surface area is 211 Å². The third-order valence-electron chi connectivity index (χ3n) is 8.14. The quantitative estimate of drug-likeness (QED) is 0.360. The van der Waals surface area contributed by atoms with E-state index < -0.39 is 11.9 Å². The lowest BCUT2D eigenvalue weighted by Gasteiger charge is -2.25. The number of imide groups is 1. The lowest BCUT2D eigenvalue weighted by molar-refractivity contribution is -0.139. The number of ether oxygens (including phenoxy) is 1. The van der Waals surface area contributed by atoms with Crippen LogP contribution in [0.15, 0.2) is 36.4 Å². The molecule has 0 aromatic heterocycles. The van der Waals surface area contributed by atoms with Gasteiger partial charge in [-0.1, -0.05) is 19.1 Å². The minimum absolute atomic E-state index is 0.0981. The molecule has 1 saturated carbocycles. The molecule has 2 aromatic rings. The summed E-state index contributed by atoms with van der Waals surface area (Å²) in [5.74, 6) is -1.06. The van der Waals surface area contributed by atoms with Crippen LogP contribution >= 0.6 is 0 Å². The number of anilines is 2. The highest BCUT2D eigenvalue weighted by atomic mass is 16.5. The SMILES string of the molecule is Cc1cc(OC(=O)[C@@H]2CC(=O)N(c3cccc(C)c3C)C2)ccc1N1C(=O)[C@H]2C[C@H](C)CC[C@H]2C1=O. The molecule has 7 nitrogen and oxygen atoms in total. The van der Waals surface area contributed by atoms with Crippen LogP contribution in [0.4, 0.5) is 11.4 Å². The molecule has 0 spiro atoms. The molecule has 2 aromatic carbocycles. The van der Waals surface area contributed by atoms with E-state index >= 15 is 0 Å². The zero-order valence-corrected chi connectivity index (χ0v) is 21.2. The summed E-state index contributed by atoms with van der Waals surface area (Å²) in [6.45, 7) is 8.18. The van der Waals surface area contributed by atoms with Crippen molar-refractivity contribution in [1.29, 1.82) is 0 Å². The van der Waals surface area contributed by atoms with Gasteiger partial charge in [0, 0.05) is 18.7 Å². The molecule has 0 N–H and O–H groups in total. The van der Waals surface area contributed by atoms with E-state index in [-0.39, 0.29) is 42.5 Å². The monoisotopic (exact) mass is 488 g/mol. The first-order valence-corrected chi connectivity index (χ1v) is 12.7. The van der Waals surface area contributed by atoms with Gasteiger partial charge in [-0.05, 0) is 86.9 Å². The predicted octanol–water partition coefficient (Wildman–Crippen LogP) is 4.50. The van der Waals surface area contributed by atoms with Crippen molar-refractivity contribution in [1.82, 2.24) is 0 Å². The summed E-state index contributed by atoms with van der Waals surface area (Å²) in [5, 5.41) is 0. The van der Waals surface area contributed by atoms with E-state index in [9.17, 15) is 19.2 Å². The number of nitrogens with zero attached hydrogens (tertiary/aromatic N) is 2. The van der Waals surface area contributed by atoms with E-state index in [1.54, 1.807) is 30.0 Å². The Morgan fingerprint density at radius 2 is 1.67 bits per heavy atom. The van der Waals surface area contributed by atoms with E-state index in [4.69, 9.17) is 4.74 Å². The molecule has 1 aliphatic carbocycles. The molecule has 2 saturated heterocycles. The molecule has 3 aliphatic rings. The summed E-state index contributed by atoms with van der Waals surface area (Å²) in [6.07, 6.45) is 2.56. The molecular weight excluding hydrogens is 456 g/mol. The van der Waals surface area contributed by atoms with Crippen molar-refractivity contribution in [3.05, 3.63) is 53.1 Å². The number of benzene rings is 2. The van der Waals surface area contributed by atoms with Crippen LogP contribution in [0.25, 0.3) is 0 Å². The minimum Gasteiger partial charge on any atom is -0.426 e. The molecule has 2 heterocycles. The smallest absolute Gasteiger partial charge is 0.316 e. The Morgan fingerprint density at radius 1 is 0.917 bits per heavy atom. The molecule has 0 radical (unpaired) electrons. The van der Waals surface area contributed by atoms with E-state index in [1.807, 2.05) is 32.0 Å². The van der Waals surface area contributed by atoms with Crippen LogP contribution < -0.4 is 14.5 Å². The van der Waals surface area contributed by atoms with Gasteiger partial charge < -0.3 is 9.64 Å². The number of hydrogen-bond acceptors (Lipinski definition) is 5. The lowest BCUT2D eigenvalue weighted by atomic mass is 9.76. The molecular formula is C29H32N2O5. The van der Waals surface area contributed by atoms with Gasteiger partial charge in [-0.25, -0.2) is 4.90 Å². The van der Waals surface area contributed by atoms with Crippen LogP contribution in [-0.2, 0) is 19.2 Å². The van der Waals surface area contributed by atoms with Crippen molar-refractivity contribution in [2.75, 3.05) is 16.3 Å². The summed E-state index contributed by atoms with van der Waals surface area (Å²) in [6, 6.07) is 10.8. The second-order valence-corrected chi connectivity index (χ2v) is 10.6. The number of carbonyl (C=O) groups is 4. The fourth-order valence-corrected chi connectivity index (χ4v) is 5.90. The van der Waals surface area contributed by atoms with E-state index in [0.29, 0.717) is 22.9 Å². The van der Waals surface area contributed by atoms with Gasteiger partial charge in [0.25, 0.3) is 0 Å². The first-order chi connectivity index (χ1) is 17.2. The third kappa shape index (κ3) is 4.10. The zero-order valence-electron chi connectivity index (χ0n) is 21.2. The van der Waals surface area contributed by atoms with Gasteiger partial charge in [0.05, 0.1) is 23.4 Å². The van der Waals surface area contributed by atoms with Crippen LogP contribution in [0.2, 0.25) is 0 Å². The standard InChI is InChI=1S/C29H32N2O5/c1-16-8-10-22-23(12-16)28(34)31(27(22)33)24-11-9-21(13-18(24)3)36-29(35)20-14-26(32)30(15-20)25-7-5-6-17(2)19(25)4/h5-7,9,11,13,16,20,22-23H,8,10,12,14-15H2,1-4H3/t16-,20-,22-,23+/m1/s1. The van der Waals surface area contributed by atoms with E-state index in [1.165, 1.54) is 4.90 Å². The Bertz CT molecular complexity index is 1270. The number of fused-ring (bicyclic) bond motifs is 1. The number of amides is 3. The number of rotatable bonds is 4. The molecule has 2 aliphatic heterocycles. The Balaban J connectivity index is 1.29. The van der Waals surface area contributed by atoms with Crippen LogP contribution in [0.3, 0.4) is 0 Å². The highest BCUT2D eigenvalue weighted by Crippen LogP contribution is 2.43. The topological polar surface area (TPSA) is 84.0 Å². The van der Waals surface area contributed by atoms with E-state index in [2.05, 4.69) is 6.92 Å². The number of hydrogen-bond donors (Lipinski definition) is 0. The van der Waals surface area contributed by atoms with Crippen LogP contribution in [0.5, 0.6) is 5.75 Å². The maximum atomic E-state index is 13.1. The molecule has 4 atom stereocenters. The van der Waals surface area contributed by atoms with Crippen molar-refractivity contribution in [2.24, 2.45) is 23.7 Å². The molecule has 5 rings (SSSR count). The van der Waals surface area contributed by atoms with Gasteiger partial charge in [0.15, 0.2) is 0 Å². The molecule has 0 unspecified atom stereocenters. The summed E-state index contributed by atoms with van der Waals surface area (Å²) >= 11 is 0. The highest BCUT2D eigenvalue weighted by molar-refractivity contribution is 6.22. The van der Waals surface area contributed by atoms with Gasteiger partial charge in [-0.3, -0.25) is 19.2 Å². The Hall–Kier alpha value is -3.48. The summed E-state index contributed by atoms with van der Waals surface area (Å²) in [4.78, 5) is 54.7. The second kappa shape index (κ2) is 9.19. The number of esters is 1. The Kier molecular flexibility index (Phi) is 6.18. The third-order valence-corrected chi connectivity index (χ3v) is 8.14. The average Bonchev–Trinajstić information content (AvgIpc) is 3.33. The van der Waals surface area contributed by atoms with Gasteiger partial charge in [-0.15, -0.1) is 0 Å². The van der Waals surface area contributed by atoms with Crippen LogP contribution in [-0.4, -0.2) is 30.2 Å². The van der Waals surface area contributed by atoms with Crippen molar-refractivity contribution in [3.8, 4) is 5.75 Å². The van der Waals surface area contributed by atoms with Crippen molar-refractivity contribution < 1.29 is 23.9 Å². The Morgan fingerprint density at radius 3 is 2.42 bits per heavy atom. The fraction of sp³-hybridized carbons (Fsp3) is 0.448. The molecule has 188 valence electrons. The van der Waals surface area contributed by atoms with Crippen molar-refractivity contribution in [3.63, 3.8) is 0 Å². The van der Waals surface area contributed by atoms with Gasteiger partial charge in [-0.2, -0.15) is 0 Å². The molecule has 3 fully saturated rings. The van der Waals surface area contributed by atoms with Gasteiger partial charge in [0.2, 0.25) is 17.7 Å². The first-order valence-electron chi connectivity index (χ1n) is 12.7. The molecule has 36 heavy (non-hydrogen) atoms. The maximum Gasteiger partial charge on any atom is 0.316 e. The average molecular weight is 489 g/mol. The van der Waals surface area contributed by atoms with Gasteiger partial charge >= 0.3 is 5.97 Å². The summed E-state index contributed by atoms with van der Waals surface area (Å²) < 4.78 is 5.64. The summed E-state index contributed by atoms with van der Waals surface area (Å²) in [7, 11) is 0. The van der Waals surface area contributed by atoms with E-state index in [0.717, 1.165) is 36.1 Å². The molecule has 7 heteroatoms. The van der Waals surface area contributed by atoms with Gasteiger partial charge in [0.1, 0.15) is 5.75 Å². The number of carbonyl (C=O) groups excluding carboxylic acids is 4. The lowest BCUT2D eigenvalue weighted by Crippen LogP contribution is -2.31. The van der Waals surface area contributed by atoms with Crippen LogP contribution in [0, 0.1) is 44.4 Å². The van der Waals surface area contributed by atoms with Crippen molar-refractivity contribution in [2.45, 2.75) is 53.4 Å². The second-order valence-electron chi connectivity index (χ2n) is 10.6. The zero-order chi connectivity index (χ0) is 25.7.